The summed E-state index contributed by atoms with van der Waals surface area (Å²) in [5.41, 5.74) is -0.369. The predicted molar refractivity (Wildman–Crippen MR) is 187 cm³/mol. The van der Waals surface area contributed by atoms with Gasteiger partial charge in [0.15, 0.2) is 18.1 Å². The van der Waals surface area contributed by atoms with E-state index >= 15 is 0 Å². The fourth-order valence-corrected chi connectivity index (χ4v) is 12.7. The maximum Gasteiger partial charge on any atom is 0.335 e. The molecule has 288 valence electrons. The normalized spacial score (nSPS) is 49.2. The zero-order valence-electron chi connectivity index (χ0n) is 31.8. The smallest absolute Gasteiger partial charge is 0.335 e. The van der Waals surface area contributed by atoms with Gasteiger partial charge in [-0.2, -0.15) is 5.06 Å². The highest BCUT2D eigenvalue weighted by Gasteiger charge is 2.70. The van der Waals surface area contributed by atoms with Crippen LogP contribution in [0, 0.1) is 50.2 Å². The summed E-state index contributed by atoms with van der Waals surface area (Å²) in [6.07, 6.45) is 1.76. The summed E-state index contributed by atoms with van der Waals surface area (Å²) in [5, 5.41) is 55.7. The fourth-order valence-electron chi connectivity index (χ4n) is 12.7. The minimum Gasteiger partial charge on any atom is -0.481 e. The summed E-state index contributed by atoms with van der Waals surface area (Å²) in [6.45, 7) is 16.6. The molecule has 14 unspecified atom stereocenters. The van der Waals surface area contributed by atoms with Crippen molar-refractivity contribution in [2.75, 3.05) is 20.2 Å². The van der Waals surface area contributed by atoms with Gasteiger partial charge in [-0.05, 0) is 110 Å². The van der Waals surface area contributed by atoms with Gasteiger partial charge in [0.05, 0.1) is 12.5 Å². The number of aliphatic hydroxyl groups is 3. The average molecular weight is 719 g/mol. The molecule has 0 bridgehead atoms. The molecule has 0 aromatic carbocycles. The lowest BCUT2D eigenvalue weighted by molar-refractivity contribution is -0.321. The van der Waals surface area contributed by atoms with Crippen LogP contribution < -0.4 is 5.32 Å². The van der Waals surface area contributed by atoms with Crippen molar-refractivity contribution in [2.24, 2.45) is 50.2 Å². The second kappa shape index (κ2) is 12.8. The molecular formula is C39H62N2O10. The van der Waals surface area contributed by atoms with E-state index in [1.54, 1.807) is 0 Å². The van der Waals surface area contributed by atoms with Crippen molar-refractivity contribution in [1.29, 1.82) is 0 Å². The monoisotopic (exact) mass is 718 g/mol. The number of carboxylic acid groups (broad SMARTS) is 2. The average Bonchev–Trinajstić information content (AvgIpc) is 3.04. The standard InChI is InChI=1S/C39H62N2O10/c1-34(2)24-9-12-39(7)30(23(42)19-21-22-20-36(4,33(48)49)14-13-35(22,3)15-16-38(21,39)6)37(24,5)11-10-25(34)40-17-18-41(50-8)31-28(45)26(43)27(44)29(51-31)32(46)47/h19,22,24-31,40,43-45H,9-18,20H2,1-8H3,(H,46,47)(H,48,49). The van der Waals surface area contributed by atoms with Crippen molar-refractivity contribution in [3.8, 4) is 0 Å². The van der Waals surface area contributed by atoms with Gasteiger partial charge in [-0.3, -0.25) is 14.4 Å². The summed E-state index contributed by atoms with van der Waals surface area (Å²) in [4.78, 5) is 44.2. The number of allylic oxidation sites excluding steroid dienone is 2. The summed E-state index contributed by atoms with van der Waals surface area (Å²) in [5.74, 6) is -1.73. The summed E-state index contributed by atoms with van der Waals surface area (Å²) in [6, 6.07) is 0.113. The number of ether oxygens (including phenoxy) is 1. The van der Waals surface area contributed by atoms with Crippen LogP contribution in [0.2, 0.25) is 0 Å². The van der Waals surface area contributed by atoms with E-state index in [0.717, 1.165) is 44.9 Å². The zero-order valence-corrected chi connectivity index (χ0v) is 31.8. The van der Waals surface area contributed by atoms with Gasteiger partial charge < -0.3 is 35.6 Å². The maximum atomic E-state index is 14.7. The Morgan fingerprint density at radius 3 is 2.22 bits per heavy atom. The van der Waals surface area contributed by atoms with Gasteiger partial charge in [0.2, 0.25) is 0 Å². The first-order chi connectivity index (χ1) is 23.6. The van der Waals surface area contributed by atoms with Crippen LogP contribution in [-0.2, 0) is 24.0 Å². The molecule has 5 aliphatic carbocycles. The van der Waals surface area contributed by atoms with Crippen LogP contribution in [0.3, 0.4) is 0 Å². The lowest BCUT2D eigenvalue weighted by Gasteiger charge is -2.70. The molecule has 12 heteroatoms. The highest BCUT2D eigenvalue weighted by atomic mass is 16.7. The van der Waals surface area contributed by atoms with Gasteiger partial charge in [-0.15, -0.1) is 0 Å². The highest BCUT2D eigenvalue weighted by Crippen LogP contribution is 2.75. The molecular weight excluding hydrogens is 656 g/mol. The van der Waals surface area contributed by atoms with Gasteiger partial charge in [0.1, 0.15) is 18.3 Å². The number of hydrogen-bond acceptors (Lipinski definition) is 10. The van der Waals surface area contributed by atoms with Gasteiger partial charge in [0.25, 0.3) is 0 Å². The van der Waals surface area contributed by atoms with E-state index in [4.69, 9.17) is 9.57 Å². The molecule has 0 aromatic heterocycles. The maximum absolute atomic E-state index is 14.7. The number of carboxylic acids is 2. The van der Waals surface area contributed by atoms with Gasteiger partial charge in [0, 0.05) is 25.0 Å². The number of ketones is 1. The van der Waals surface area contributed by atoms with E-state index in [9.17, 15) is 39.9 Å². The molecule has 5 fully saturated rings. The molecule has 6 rings (SSSR count). The number of aliphatic hydroxyl groups excluding tert-OH is 3. The predicted octanol–water partition coefficient (Wildman–Crippen LogP) is 3.77. The molecule has 14 atom stereocenters. The number of carbonyl (C=O) groups excluding carboxylic acids is 1. The van der Waals surface area contributed by atoms with Crippen molar-refractivity contribution < 1.29 is 49.5 Å². The number of hydrogen-bond donors (Lipinski definition) is 6. The number of fused-ring (bicyclic) bond motifs is 7. The first kappa shape index (κ1) is 38.8. The number of nitrogens with zero attached hydrogens (tertiary/aromatic N) is 1. The van der Waals surface area contributed by atoms with Crippen molar-refractivity contribution in [1.82, 2.24) is 10.4 Å². The summed E-state index contributed by atoms with van der Waals surface area (Å²) >= 11 is 0. The lowest BCUT2D eigenvalue weighted by Crippen LogP contribution is -2.67. The molecule has 1 aliphatic heterocycles. The lowest BCUT2D eigenvalue weighted by atomic mass is 9.33. The van der Waals surface area contributed by atoms with Gasteiger partial charge in [-0.25, -0.2) is 4.79 Å². The molecule has 0 spiro atoms. The van der Waals surface area contributed by atoms with Gasteiger partial charge >= 0.3 is 11.9 Å². The van der Waals surface area contributed by atoms with E-state index in [0.29, 0.717) is 19.4 Å². The van der Waals surface area contributed by atoms with Gasteiger partial charge in [-0.1, -0.05) is 47.1 Å². The molecule has 12 nitrogen and oxygen atoms in total. The van der Waals surface area contributed by atoms with E-state index < -0.39 is 48.0 Å². The molecule has 1 heterocycles. The Bertz CT molecular complexity index is 1450. The SMILES string of the molecule is CON(CCNC1CCC2(C)C(CCC3(C)C2C(=O)C=C2C4CC(C)(C(=O)O)CCC4(C)CCC23C)C1(C)C)C1OC(C(=O)O)C(O)C(O)C1O. The Hall–Kier alpha value is -1.93. The Labute approximate surface area is 302 Å². The number of carbonyl (C=O) groups is 3. The van der Waals surface area contributed by atoms with E-state index in [1.165, 1.54) is 17.7 Å². The Balaban J connectivity index is 1.20. The number of nitrogens with one attached hydrogen (secondary N) is 1. The van der Waals surface area contributed by atoms with Crippen LogP contribution in [0.1, 0.15) is 106 Å². The highest BCUT2D eigenvalue weighted by molar-refractivity contribution is 5.95. The molecule has 1 saturated heterocycles. The van der Waals surface area contributed by atoms with Crippen LogP contribution in [0.5, 0.6) is 0 Å². The van der Waals surface area contributed by atoms with E-state index in [-0.39, 0.29) is 63.2 Å². The quantitative estimate of drug-likeness (QED) is 0.200. The third-order valence-electron chi connectivity index (χ3n) is 16.2. The van der Waals surface area contributed by atoms with Crippen molar-refractivity contribution in [2.45, 2.75) is 143 Å². The number of hydroxylamine groups is 2. The second-order valence-corrected chi connectivity index (χ2v) is 19.0. The van der Waals surface area contributed by atoms with Crippen LogP contribution in [-0.4, -0.2) is 105 Å². The van der Waals surface area contributed by atoms with Crippen molar-refractivity contribution in [3.05, 3.63) is 11.6 Å². The Kier molecular flexibility index (Phi) is 9.77. The van der Waals surface area contributed by atoms with E-state index in [1.807, 2.05) is 13.0 Å². The number of aliphatic carboxylic acids is 2. The largest absolute Gasteiger partial charge is 0.481 e. The minimum atomic E-state index is -1.78. The topological polar surface area (TPSA) is 186 Å². The molecule has 51 heavy (non-hydrogen) atoms. The molecule has 6 N–H and O–H groups in total. The van der Waals surface area contributed by atoms with Crippen LogP contribution in [0.25, 0.3) is 0 Å². The number of rotatable bonds is 8. The molecule has 0 amide bonds. The zero-order chi connectivity index (χ0) is 37.7. The van der Waals surface area contributed by atoms with Crippen LogP contribution in [0.4, 0.5) is 0 Å². The molecule has 0 aromatic rings. The van der Waals surface area contributed by atoms with Crippen LogP contribution in [0.15, 0.2) is 11.6 Å². The Morgan fingerprint density at radius 2 is 1.59 bits per heavy atom. The second-order valence-electron chi connectivity index (χ2n) is 19.0. The first-order valence-corrected chi connectivity index (χ1v) is 19.1. The molecule has 6 aliphatic rings. The summed E-state index contributed by atoms with van der Waals surface area (Å²) < 4.78 is 5.49. The third kappa shape index (κ3) is 5.68. The third-order valence-corrected chi connectivity index (χ3v) is 16.2. The van der Waals surface area contributed by atoms with Crippen LogP contribution >= 0.6 is 0 Å². The minimum absolute atomic E-state index is 0.00915. The fraction of sp³-hybridized carbons (Fsp3) is 0.872. The Morgan fingerprint density at radius 1 is 0.922 bits per heavy atom. The molecule has 0 radical (unpaired) electrons. The van der Waals surface area contributed by atoms with Crippen molar-refractivity contribution >= 4 is 17.7 Å². The van der Waals surface area contributed by atoms with E-state index in [2.05, 4.69) is 46.9 Å². The first-order valence-electron chi connectivity index (χ1n) is 19.1. The molecule has 4 saturated carbocycles. The summed E-state index contributed by atoms with van der Waals surface area (Å²) in [7, 11) is 1.38. The van der Waals surface area contributed by atoms with Crippen molar-refractivity contribution in [3.63, 3.8) is 0 Å².